The zero-order chi connectivity index (χ0) is 11.8. The molecule has 1 atom stereocenters. The maximum Gasteiger partial charge on any atom is 0.191 e. The van der Waals surface area contributed by atoms with E-state index in [9.17, 15) is 4.39 Å². The highest BCUT2D eigenvalue weighted by Crippen LogP contribution is 2.33. The molecule has 2 heterocycles. The zero-order valence-corrected chi connectivity index (χ0v) is 9.44. The summed E-state index contributed by atoms with van der Waals surface area (Å²) in [4.78, 5) is 10.3. The van der Waals surface area contributed by atoms with E-state index in [1.54, 1.807) is 6.07 Å². The van der Waals surface area contributed by atoms with Gasteiger partial charge >= 0.3 is 0 Å². The number of nitrogens with zero attached hydrogens (tertiary/aromatic N) is 3. The van der Waals surface area contributed by atoms with Crippen molar-refractivity contribution >= 4 is 5.96 Å². The van der Waals surface area contributed by atoms with Gasteiger partial charge in [-0.15, -0.1) is 0 Å². The number of rotatable bonds is 2. The molecule has 2 N–H and O–H groups in total. The first-order valence-electron chi connectivity index (χ1n) is 5.26. The van der Waals surface area contributed by atoms with E-state index in [1.165, 1.54) is 12.3 Å². The second-order valence-corrected chi connectivity index (χ2v) is 3.98. The van der Waals surface area contributed by atoms with Crippen molar-refractivity contribution in [3.05, 3.63) is 29.8 Å². The van der Waals surface area contributed by atoms with Gasteiger partial charge in [0.05, 0.1) is 18.4 Å². The Kier molecular flexibility index (Phi) is 2.53. The fourth-order valence-electron chi connectivity index (χ4n) is 2.08. The van der Waals surface area contributed by atoms with Crippen LogP contribution in [0.5, 0.6) is 0 Å². The molecule has 1 aromatic rings. The summed E-state index contributed by atoms with van der Waals surface area (Å²) in [6, 6.07) is 3.12. The molecule has 0 radical (unpaired) electrons. The minimum absolute atomic E-state index is 0.322. The number of hydrogen-bond donors (Lipinski definition) is 1. The molecule has 1 unspecified atom stereocenters. The fraction of sp³-hybridized carbons (Fsp3) is 0.455. The largest absolute Gasteiger partial charge is 0.370 e. The Labute approximate surface area is 94.0 Å². The number of aliphatic imine (C=N–C) groups is 1. The Morgan fingerprint density at radius 2 is 2.31 bits per heavy atom. The van der Waals surface area contributed by atoms with Gasteiger partial charge in [0.15, 0.2) is 5.96 Å². The summed E-state index contributed by atoms with van der Waals surface area (Å²) in [7, 11) is 1.89. The third-order valence-corrected chi connectivity index (χ3v) is 3.28. The van der Waals surface area contributed by atoms with Gasteiger partial charge in [-0.2, -0.15) is 0 Å². The molecule has 5 heteroatoms. The van der Waals surface area contributed by atoms with Crippen molar-refractivity contribution in [3.8, 4) is 0 Å². The number of nitrogens with two attached hydrogens (primary N) is 1. The molecular formula is C11H15FN4. The first-order chi connectivity index (χ1) is 7.60. The monoisotopic (exact) mass is 222 g/mol. The summed E-state index contributed by atoms with van der Waals surface area (Å²) in [6.45, 7) is 2.63. The van der Waals surface area contributed by atoms with Gasteiger partial charge in [0.25, 0.3) is 0 Å². The molecule has 1 aliphatic heterocycles. The number of guanidine groups is 1. The van der Waals surface area contributed by atoms with Crippen LogP contribution in [0.15, 0.2) is 23.3 Å². The topological polar surface area (TPSA) is 54.5 Å². The average Bonchev–Trinajstić information content (AvgIpc) is 2.59. The Balaban J connectivity index is 2.40. The Morgan fingerprint density at radius 3 is 2.75 bits per heavy atom. The van der Waals surface area contributed by atoms with E-state index in [0.29, 0.717) is 12.5 Å². The predicted molar refractivity (Wildman–Crippen MR) is 60.4 cm³/mol. The highest BCUT2D eigenvalue weighted by Gasteiger charge is 2.41. The van der Waals surface area contributed by atoms with Crippen LogP contribution in [0.1, 0.15) is 19.0 Å². The van der Waals surface area contributed by atoms with Crippen molar-refractivity contribution < 1.29 is 4.39 Å². The van der Waals surface area contributed by atoms with Crippen LogP contribution in [0.25, 0.3) is 0 Å². The van der Waals surface area contributed by atoms with Crippen LogP contribution in [-0.2, 0) is 5.54 Å². The molecule has 1 aromatic heterocycles. The van der Waals surface area contributed by atoms with E-state index < -0.39 is 0 Å². The number of hydrogen-bond acceptors (Lipinski definition) is 4. The third kappa shape index (κ3) is 1.43. The third-order valence-electron chi connectivity index (χ3n) is 3.28. The minimum atomic E-state index is -0.329. The molecule has 2 rings (SSSR count). The lowest BCUT2D eigenvalue weighted by Gasteiger charge is -2.35. The first-order valence-corrected chi connectivity index (χ1v) is 5.26. The van der Waals surface area contributed by atoms with Gasteiger partial charge in [-0.25, -0.2) is 4.39 Å². The molecule has 1 aliphatic rings. The molecule has 86 valence electrons. The first kappa shape index (κ1) is 10.9. The summed E-state index contributed by atoms with van der Waals surface area (Å²) in [6.07, 6.45) is 2.06. The normalized spacial score (nSPS) is 24.7. The SMILES string of the molecule is CCC1(c2ccc(F)cn2)CN=C(N)N1C. The molecule has 0 amide bonds. The Bertz CT molecular complexity index is 414. The number of pyridine rings is 1. The van der Waals surface area contributed by atoms with Crippen LogP contribution >= 0.6 is 0 Å². The van der Waals surface area contributed by atoms with Crippen molar-refractivity contribution in [1.29, 1.82) is 0 Å². The van der Waals surface area contributed by atoms with E-state index in [0.717, 1.165) is 12.1 Å². The number of halogens is 1. The lowest BCUT2D eigenvalue weighted by atomic mass is 9.91. The predicted octanol–water partition coefficient (Wildman–Crippen LogP) is 1.09. The van der Waals surface area contributed by atoms with Crippen LogP contribution in [0, 0.1) is 5.82 Å². The van der Waals surface area contributed by atoms with Gasteiger partial charge in [0.2, 0.25) is 0 Å². The van der Waals surface area contributed by atoms with E-state index >= 15 is 0 Å². The van der Waals surface area contributed by atoms with E-state index in [4.69, 9.17) is 5.73 Å². The molecule has 0 fully saturated rings. The Hall–Kier alpha value is -1.65. The maximum atomic E-state index is 12.8. The molecule has 0 saturated carbocycles. The molecule has 0 bridgehead atoms. The van der Waals surface area contributed by atoms with Crippen molar-refractivity contribution in [2.75, 3.05) is 13.6 Å². The smallest absolute Gasteiger partial charge is 0.191 e. The summed E-state index contributed by atoms with van der Waals surface area (Å²) >= 11 is 0. The van der Waals surface area contributed by atoms with Crippen LogP contribution in [0.3, 0.4) is 0 Å². The number of likely N-dealkylation sites (N-methyl/N-ethyl adjacent to an activating group) is 1. The standard InChI is InChI=1S/C11H15FN4/c1-3-11(7-15-10(13)16(11)2)9-5-4-8(12)6-14-9/h4-6H,3,7H2,1-2H3,(H2,13,15). The summed E-state index contributed by atoms with van der Waals surface area (Å²) in [5.74, 6) is 0.178. The van der Waals surface area contributed by atoms with Crippen LogP contribution in [0.2, 0.25) is 0 Å². The zero-order valence-electron chi connectivity index (χ0n) is 9.44. The summed E-state index contributed by atoms with van der Waals surface area (Å²) < 4.78 is 12.8. The highest BCUT2D eigenvalue weighted by atomic mass is 19.1. The van der Waals surface area contributed by atoms with Gasteiger partial charge in [0, 0.05) is 7.05 Å². The van der Waals surface area contributed by atoms with Gasteiger partial charge in [-0.1, -0.05) is 6.92 Å². The van der Waals surface area contributed by atoms with Crippen molar-refractivity contribution in [3.63, 3.8) is 0 Å². The van der Waals surface area contributed by atoms with E-state index in [1.807, 2.05) is 11.9 Å². The van der Waals surface area contributed by atoms with Gasteiger partial charge in [0.1, 0.15) is 11.4 Å². The summed E-state index contributed by atoms with van der Waals surface area (Å²) in [5.41, 5.74) is 6.26. The molecular weight excluding hydrogens is 207 g/mol. The average molecular weight is 222 g/mol. The van der Waals surface area contributed by atoms with E-state index in [-0.39, 0.29) is 11.4 Å². The summed E-state index contributed by atoms with van der Waals surface area (Å²) in [5, 5.41) is 0. The molecule has 0 aromatic carbocycles. The molecule has 0 spiro atoms. The van der Waals surface area contributed by atoms with Crippen LogP contribution in [0.4, 0.5) is 4.39 Å². The molecule has 4 nitrogen and oxygen atoms in total. The van der Waals surface area contributed by atoms with Crippen molar-refractivity contribution in [2.24, 2.45) is 10.7 Å². The molecule has 0 aliphatic carbocycles. The lowest BCUT2D eigenvalue weighted by molar-refractivity contribution is 0.223. The van der Waals surface area contributed by atoms with Gasteiger partial charge in [-0.3, -0.25) is 9.98 Å². The maximum absolute atomic E-state index is 12.8. The highest BCUT2D eigenvalue weighted by molar-refractivity contribution is 5.80. The molecule has 0 saturated heterocycles. The van der Waals surface area contributed by atoms with Gasteiger partial charge in [-0.05, 0) is 18.6 Å². The second kappa shape index (κ2) is 3.73. The Morgan fingerprint density at radius 1 is 1.56 bits per heavy atom. The quantitative estimate of drug-likeness (QED) is 0.814. The van der Waals surface area contributed by atoms with Gasteiger partial charge < -0.3 is 10.6 Å². The van der Waals surface area contributed by atoms with Crippen molar-refractivity contribution in [1.82, 2.24) is 9.88 Å². The fourth-order valence-corrected chi connectivity index (χ4v) is 2.08. The lowest BCUT2D eigenvalue weighted by Crippen LogP contribution is -2.46. The second-order valence-electron chi connectivity index (χ2n) is 3.98. The van der Waals surface area contributed by atoms with Crippen LogP contribution in [-0.4, -0.2) is 29.4 Å². The van der Waals surface area contributed by atoms with Crippen LogP contribution < -0.4 is 5.73 Å². The van der Waals surface area contributed by atoms with E-state index in [2.05, 4.69) is 16.9 Å². The number of aromatic nitrogens is 1. The van der Waals surface area contributed by atoms with Crippen molar-refractivity contribution in [2.45, 2.75) is 18.9 Å². The molecule has 16 heavy (non-hydrogen) atoms. The minimum Gasteiger partial charge on any atom is -0.370 e.